The van der Waals surface area contributed by atoms with Crippen LogP contribution in [-0.4, -0.2) is 13.7 Å². The molecule has 0 amide bonds. The number of hydrogen-bond acceptors (Lipinski definition) is 2. The van der Waals surface area contributed by atoms with E-state index in [9.17, 15) is 8.76 Å². The van der Waals surface area contributed by atoms with Crippen molar-refractivity contribution in [2.24, 2.45) is 0 Å². The van der Waals surface area contributed by atoms with Gasteiger partial charge in [-0.15, -0.1) is 0 Å². The van der Waals surface area contributed by atoms with E-state index in [0.29, 0.717) is 0 Å². The third-order valence-corrected chi connectivity index (χ3v) is 2.26. The summed E-state index contributed by atoms with van der Waals surface area (Å²) in [5.74, 6) is 0. The van der Waals surface area contributed by atoms with Crippen LogP contribution in [0.25, 0.3) is 10.9 Å². The molecule has 0 saturated heterocycles. The van der Waals surface area contributed by atoms with Crippen molar-refractivity contribution < 1.29 is 8.76 Å². The standard InChI is InChI=1S/C8H7NO2S/c10-12(11)8-5-6-3-1-2-4-7(6)9-8/h1-5,9H,(H,10,11)/p-1. The lowest BCUT2D eigenvalue weighted by atomic mass is 10.3. The second-order valence-electron chi connectivity index (χ2n) is 2.46. The number of hydrogen-bond donors (Lipinski definition) is 1. The molecule has 2 rings (SSSR count). The molecule has 1 aromatic heterocycles. The molecule has 1 unspecified atom stereocenters. The molecule has 1 aromatic carbocycles. The molecule has 0 aliphatic carbocycles. The minimum absolute atomic E-state index is 0.233. The van der Waals surface area contributed by atoms with Gasteiger partial charge in [-0.1, -0.05) is 18.2 Å². The molecule has 1 heterocycles. The van der Waals surface area contributed by atoms with Crippen LogP contribution in [0, 0.1) is 0 Å². The van der Waals surface area contributed by atoms with Crippen molar-refractivity contribution in [3.63, 3.8) is 0 Å². The molecule has 0 radical (unpaired) electrons. The minimum Gasteiger partial charge on any atom is -0.767 e. The molecular formula is C8H6NO2S-. The van der Waals surface area contributed by atoms with Crippen LogP contribution in [-0.2, 0) is 11.1 Å². The van der Waals surface area contributed by atoms with Gasteiger partial charge >= 0.3 is 0 Å². The largest absolute Gasteiger partial charge is 0.767 e. The van der Waals surface area contributed by atoms with Gasteiger partial charge < -0.3 is 9.54 Å². The maximum absolute atomic E-state index is 10.5. The summed E-state index contributed by atoms with van der Waals surface area (Å²) in [7, 11) is 0. The number of para-hydroxylation sites is 1. The summed E-state index contributed by atoms with van der Waals surface area (Å²) in [6.07, 6.45) is 0. The molecule has 1 N–H and O–H groups in total. The van der Waals surface area contributed by atoms with Crippen LogP contribution in [0.15, 0.2) is 35.4 Å². The van der Waals surface area contributed by atoms with Crippen molar-refractivity contribution >= 4 is 22.0 Å². The van der Waals surface area contributed by atoms with Gasteiger partial charge in [-0.05, 0) is 23.2 Å². The Kier molecular flexibility index (Phi) is 1.71. The van der Waals surface area contributed by atoms with E-state index in [1.54, 1.807) is 6.07 Å². The Morgan fingerprint density at radius 3 is 2.75 bits per heavy atom. The highest BCUT2D eigenvalue weighted by Gasteiger charge is 1.98. The molecule has 0 fully saturated rings. The predicted octanol–water partition coefficient (Wildman–Crippen LogP) is 1.41. The van der Waals surface area contributed by atoms with E-state index >= 15 is 0 Å². The number of benzene rings is 1. The molecule has 0 bridgehead atoms. The predicted molar refractivity (Wildman–Crippen MR) is 45.5 cm³/mol. The monoisotopic (exact) mass is 180 g/mol. The summed E-state index contributed by atoms with van der Waals surface area (Å²) in [4.78, 5) is 2.78. The van der Waals surface area contributed by atoms with E-state index < -0.39 is 11.1 Å². The molecule has 62 valence electrons. The van der Waals surface area contributed by atoms with Crippen LogP contribution < -0.4 is 0 Å². The second-order valence-corrected chi connectivity index (χ2v) is 3.36. The normalized spacial score (nSPS) is 13.4. The number of nitrogens with one attached hydrogen (secondary N) is 1. The first kappa shape index (κ1) is 7.52. The van der Waals surface area contributed by atoms with Crippen LogP contribution in [0.3, 0.4) is 0 Å². The lowest BCUT2D eigenvalue weighted by molar-refractivity contribution is 0.534. The van der Waals surface area contributed by atoms with Crippen LogP contribution in [0.5, 0.6) is 0 Å². The number of aromatic amines is 1. The van der Waals surface area contributed by atoms with Crippen LogP contribution in [0.4, 0.5) is 0 Å². The Morgan fingerprint density at radius 2 is 2.08 bits per heavy atom. The summed E-state index contributed by atoms with van der Waals surface area (Å²) in [5, 5.41) is 1.15. The maximum atomic E-state index is 10.5. The maximum Gasteiger partial charge on any atom is 0.0905 e. The van der Waals surface area contributed by atoms with E-state index in [2.05, 4.69) is 4.98 Å². The highest BCUT2D eigenvalue weighted by Crippen LogP contribution is 2.15. The van der Waals surface area contributed by atoms with E-state index in [1.807, 2.05) is 24.3 Å². The van der Waals surface area contributed by atoms with Crippen molar-refractivity contribution in [3.8, 4) is 0 Å². The SMILES string of the molecule is O=S([O-])c1cc2ccccc2[nH]1. The highest BCUT2D eigenvalue weighted by atomic mass is 32.2. The fourth-order valence-electron chi connectivity index (χ4n) is 1.14. The molecule has 1 atom stereocenters. The molecule has 0 saturated carbocycles. The van der Waals surface area contributed by atoms with Gasteiger partial charge in [0, 0.05) is 10.9 Å². The van der Waals surface area contributed by atoms with Gasteiger partial charge in [0.25, 0.3) is 0 Å². The van der Waals surface area contributed by atoms with Crippen molar-refractivity contribution in [1.29, 1.82) is 0 Å². The minimum atomic E-state index is -2.17. The van der Waals surface area contributed by atoms with Gasteiger partial charge in [0.1, 0.15) is 0 Å². The molecule has 0 aliphatic rings. The Bertz CT molecular complexity index is 402. The fraction of sp³-hybridized carbons (Fsp3) is 0. The Hall–Kier alpha value is -1.13. The number of rotatable bonds is 1. The topological polar surface area (TPSA) is 55.9 Å². The molecule has 2 aromatic rings. The van der Waals surface area contributed by atoms with Gasteiger partial charge in [-0.3, -0.25) is 4.21 Å². The smallest absolute Gasteiger partial charge is 0.0905 e. The van der Waals surface area contributed by atoms with Gasteiger partial charge in [0.05, 0.1) is 5.03 Å². The van der Waals surface area contributed by atoms with Crippen LogP contribution >= 0.6 is 0 Å². The molecule has 12 heavy (non-hydrogen) atoms. The average molecular weight is 180 g/mol. The lowest BCUT2D eigenvalue weighted by Gasteiger charge is -1.98. The molecule has 4 heteroatoms. The summed E-state index contributed by atoms with van der Waals surface area (Å²) in [6.45, 7) is 0. The molecule has 0 spiro atoms. The fourth-order valence-corrected chi connectivity index (χ4v) is 1.55. The van der Waals surface area contributed by atoms with Crippen molar-refractivity contribution in [1.82, 2.24) is 4.98 Å². The number of H-pyrrole nitrogens is 1. The zero-order valence-corrected chi connectivity index (χ0v) is 6.93. The Morgan fingerprint density at radius 1 is 1.33 bits per heavy atom. The van der Waals surface area contributed by atoms with Gasteiger partial charge in [-0.2, -0.15) is 0 Å². The molecular weight excluding hydrogens is 174 g/mol. The Balaban J connectivity index is 2.70. The van der Waals surface area contributed by atoms with E-state index in [4.69, 9.17) is 0 Å². The molecule has 0 aliphatic heterocycles. The summed E-state index contributed by atoms with van der Waals surface area (Å²) in [6, 6.07) is 9.04. The van der Waals surface area contributed by atoms with Crippen molar-refractivity contribution in [3.05, 3.63) is 30.3 Å². The number of aromatic nitrogens is 1. The first-order valence-corrected chi connectivity index (χ1v) is 4.52. The van der Waals surface area contributed by atoms with Gasteiger partial charge in [0.15, 0.2) is 0 Å². The van der Waals surface area contributed by atoms with Crippen molar-refractivity contribution in [2.45, 2.75) is 5.03 Å². The third kappa shape index (κ3) is 1.15. The first-order valence-electron chi connectivity index (χ1n) is 3.44. The average Bonchev–Trinajstić information content (AvgIpc) is 2.46. The highest BCUT2D eigenvalue weighted by molar-refractivity contribution is 7.79. The summed E-state index contributed by atoms with van der Waals surface area (Å²) in [5.41, 5.74) is 0.844. The zero-order chi connectivity index (χ0) is 8.55. The summed E-state index contributed by atoms with van der Waals surface area (Å²) >= 11 is -2.17. The Labute approximate surface area is 71.7 Å². The third-order valence-electron chi connectivity index (χ3n) is 1.68. The first-order chi connectivity index (χ1) is 5.77. The lowest BCUT2D eigenvalue weighted by Crippen LogP contribution is -1.86. The van der Waals surface area contributed by atoms with Gasteiger partial charge in [-0.25, -0.2) is 0 Å². The van der Waals surface area contributed by atoms with Crippen molar-refractivity contribution in [2.75, 3.05) is 0 Å². The van der Waals surface area contributed by atoms with E-state index in [0.717, 1.165) is 10.9 Å². The van der Waals surface area contributed by atoms with E-state index in [1.165, 1.54) is 0 Å². The summed E-state index contributed by atoms with van der Waals surface area (Å²) < 4.78 is 21.1. The number of fused-ring (bicyclic) bond motifs is 1. The quantitative estimate of drug-likeness (QED) is 0.674. The van der Waals surface area contributed by atoms with Crippen LogP contribution in [0.2, 0.25) is 0 Å². The van der Waals surface area contributed by atoms with Gasteiger partial charge in [0.2, 0.25) is 0 Å². The molecule has 3 nitrogen and oxygen atoms in total. The van der Waals surface area contributed by atoms with E-state index in [-0.39, 0.29) is 5.03 Å². The second kappa shape index (κ2) is 2.73. The van der Waals surface area contributed by atoms with Crippen LogP contribution in [0.1, 0.15) is 0 Å². The zero-order valence-electron chi connectivity index (χ0n) is 6.11.